The van der Waals surface area contributed by atoms with Gasteiger partial charge in [0.05, 0.1) is 6.42 Å². The summed E-state index contributed by atoms with van der Waals surface area (Å²) >= 11 is 0. The molecule has 0 aliphatic carbocycles. The molecule has 0 aliphatic heterocycles. The second-order valence-electron chi connectivity index (χ2n) is 5.59. The maximum atomic E-state index is 13.4. The Morgan fingerprint density at radius 2 is 1.90 bits per heavy atom. The van der Waals surface area contributed by atoms with Gasteiger partial charge in [0.2, 0.25) is 5.91 Å². The van der Waals surface area contributed by atoms with Crippen molar-refractivity contribution in [3.05, 3.63) is 35.6 Å². The van der Waals surface area contributed by atoms with Gasteiger partial charge in [-0.25, -0.2) is 9.18 Å². The van der Waals surface area contributed by atoms with Crippen molar-refractivity contribution in [1.82, 2.24) is 5.32 Å². The number of carbonyl (C=O) groups excluding carboxylic acids is 2. The Hall–Kier alpha value is -1.91. The number of hydrogen-bond donors (Lipinski definition) is 1. The Kier molecular flexibility index (Phi) is 5.25. The molecule has 0 fully saturated rings. The average molecular weight is 281 g/mol. The predicted molar refractivity (Wildman–Crippen MR) is 73.6 cm³/mol. The van der Waals surface area contributed by atoms with Gasteiger partial charge in [0.15, 0.2) is 0 Å². The first kappa shape index (κ1) is 16.1. The third-order valence-corrected chi connectivity index (χ3v) is 2.45. The van der Waals surface area contributed by atoms with Gasteiger partial charge >= 0.3 is 5.97 Å². The highest BCUT2D eigenvalue weighted by molar-refractivity contribution is 5.85. The van der Waals surface area contributed by atoms with Crippen molar-refractivity contribution in [2.75, 3.05) is 0 Å². The van der Waals surface area contributed by atoms with E-state index in [0.717, 1.165) is 0 Å². The minimum Gasteiger partial charge on any atom is -0.458 e. The molecule has 5 heteroatoms. The van der Waals surface area contributed by atoms with Crippen molar-refractivity contribution in [3.8, 4) is 0 Å². The lowest BCUT2D eigenvalue weighted by molar-refractivity contribution is -0.158. The molecule has 4 nitrogen and oxygen atoms in total. The second-order valence-corrected chi connectivity index (χ2v) is 5.59. The third kappa shape index (κ3) is 5.38. The van der Waals surface area contributed by atoms with Crippen LogP contribution in [0.4, 0.5) is 4.39 Å². The summed E-state index contributed by atoms with van der Waals surface area (Å²) in [5.74, 6) is -1.37. The van der Waals surface area contributed by atoms with Crippen molar-refractivity contribution < 1.29 is 18.7 Å². The summed E-state index contributed by atoms with van der Waals surface area (Å²) in [6, 6.07) is 5.27. The summed E-state index contributed by atoms with van der Waals surface area (Å²) < 4.78 is 18.5. The fraction of sp³-hybridized carbons (Fsp3) is 0.467. The normalized spacial score (nSPS) is 12.7. The number of ether oxygens (including phenoxy) is 1. The van der Waals surface area contributed by atoms with Gasteiger partial charge in [-0.15, -0.1) is 0 Å². The van der Waals surface area contributed by atoms with Crippen LogP contribution in [0.15, 0.2) is 24.3 Å². The van der Waals surface area contributed by atoms with E-state index < -0.39 is 29.3 Å². The van der Waals surface area contributed by atoms with Gasteiger partial charge in [-0.3, -0.25) is 4.79 Å². The van der Waals surface area contributed by atoms with Crippen LogP contribution < -0.4 is 5.32 Å². The second kappa shape index (κ2) is 6.50. The van der Waals surface area contributed by atoms with E-state index in [0.29, 0.717) is 5.56 Å². The molecule has 0 bridgehead atoms. The Morgan fingerprint density at radius 3 is 2.45 bits per heavy atom. The van der Waals surface area contributed by atoms with Crippen LogP contribution in [0.3, 0.4) is 0 Å². The van der Waals surface area contributed by atoms with E-state index >= 15 is 0 Å². The van der Waals surface area contributed by atoms with E-state index in [1.165, 1.54) is 19.1 Å². The van der Waals surface area contributed by atoms with E-state index in [4.69, 9.17) is 4.74 Å². The number of amides is 1. The summed E-state index contributed by atoms with van der Waals surface area (Å²) in [4.78, 5) is 23.5. The summed E-state index contributed by atoms with van der Waals surface area (Å²) in [5.41, 5.74) is -0.317. The largest absolute Gasteiger partial charge is 0.458 e. The molecule has 0 spiro atoms. The number of benzene rings is 1. The van der Waals surface area contributed by atoms with Crippen LogP contribution in [0.5, 0.6) is 0 Å². The maximum absolute atomic E-state index is 13.4. The molecule has 1 aromatic rings. The van der Waals surface area contributed by atoms with E-state index in [-0.39, 0.29) is 6.42 Å². The first-order valence-electron chi connectivity index (χ1n) is 6.44. The highest BCUT2D eigenvalue weighted by Gasteiger charge is 2.23. The van der Waals surface area contributed by atoms with Crippen molar-refractivity contribution in [3.63, 3.8) is 0 Å². The molecule has 1 aromatic carbocycles. The molecule has 1 N–H and O–H groups in total. The van der Waals surface area contributed by atoms with Crippen molar-refractivity contribution in [2.24, 2.45) is 0 Å². The summed E-state index contributed by atoms with van der Waals surface area (Å²) in [7, 11) is 0. The molecule has 110 valence electrons. The average Bonchev–Trinajstić information content (AvgIpc) is 2.29. The topological polar surface area (TPSA) is 55.4 Å². The van der Waals surface area contributed by atoms with Crippen LogP contribution in [0.2, 0.25) is 0 Å². The number of carbonyl (C=O) groups is 2. The lowest BCUT2D eigenvalue weighted by Crippen LogP contribution is -2.42. The molecule has 0 heterocycles. The van der Waals surface area contributed by atoms with E-state index in [1.807, 2.05) is 0 Å². The monoisotopic (exact) mass is 281 g/mol. The molecular weight excluding hydrogens is 261 g/mol. The van der Waals surface area contributed by atoms with Crippen LogP contribution in [-0.2, 0) is 20.7 Å². The predicted octanol–water partition coefficient (Wildman–Crippen LogP) is 2.21. The van der Waals surface area contributed by atoms with Gasteiger partial charge in [0.25, 0.3) is 0 Å². The molecule has 0 unspecified atom stereocenters. The van der Waals surface area contributed by atoms with Crippen LogP contribution >= 0.6 is 0 Å². The Labute approximate surface area is 118 Å². The highest BCUT2D eigenvalue weighted by Crippen LogP contribution is 2.09. The molecule has 0 aliphatic rings. The fourth-order valence-corrected chi connectivity index (χ4v) is 1.56. The molecule has 1 atom stereocenters. The van der Waals surface area contributed by atoms with Gasteiger partial charge in [0.1, 0.15) is 17.5 Å². The number of rotatable bonds is 4. The maximum Gasteiger partial charge on any atom is 0.328 e. The van der Waals surface area contributed by atoms with Crippen LogP contribution in [-0.4, -0.2) is 23.5 Å². The molecular formula is C15H20FNO3. The highest BCUT2D eigenvalue weighted by atomic mass is 19.1. The van der Waals surface area contributed by atoms with Crippen molar-refractivity contribution >= 4 is 11.9 Å². The van der Waals surface area contributed by atoms with Crippen LogP contribution in [0, 0.1) is 5.82 Å². The summed E-state index contributed by atoms with van der Waals surface area (Å²) in [6.45, 7) is 6.78. The van der Waals surface area contributed by atoms with Gasteiger partial charge in [-0.2, -0.15) is 0 Å². The standard InChI is InChI=1S/C15H20FNO3/c1-10(14(19)20-15(2,3)4)17-13(18)9-11-7-5-6-8-12(11)16/h5-8,10H,9H2,1-4H3,(H,17,18)/t10-/m0/s1. The zero-order valence-electron chi connectivity index (χ0n) is 12.2. The van der Waals surface area contributed by atoms with Gasteiger partial charge < -0.3 is 10.1 Å². The molecule has 20 heavy (non-hydrogen) atoms. The SMILES string of the molecule is C[C@H](NC(=O)Cc1ccccc1F)C(=O)OC(C)(C)C. The third-order valence-electron chi connectivity index (χ3n) is 2.45. The quantitative estimate of drug-likeness (QED) is 0.861. The molecule has 0 aromatic heterocycles. The summed E-state index contributed by atoms with van der Waals surface area (Å²) in [6.07, 6.45) is -0.111. The first-order valence-corrected chi connectivity index (χ1v) is 6.44. The fourth-order valence-electron chi connectivity index (χ4n) is 1.56. The number of nitrogens with one attached hydrogen (secondary N) is 1. The number of hydrogen-bond acceptors (Lipinski definition) is 3. The van der Waals surface area contributed by atoms with Gasteiger partial charge in [-0.1, -0.05) is 18.2 Å². The molecule has 0 radical (unpaired) electrons. The number of esters is 1. The van der Waals surface area contributed by atoms with Crippen molar-refractivity contribution in [1.29, 1.82) is 0 Å². The van der Waals surface area contributed by atoms with Crippen LogP contribution in [0.25, 0.3) is 0 Å². The van der Waals surface area contributed by atoms with Gasteiger partial charge in [0, 0.05) is 0 Å². The molecule has 1 amide bonds. The molecule has 0 saturated carbocycles. The van der Waals surface area contributed by atoms with Gasteiger partial charge in [-0.05, 0) is 39.3 Å². The zero-order valence-corrected chi connectivity index (χ0v) is 12.2. The Bertz CT molecular complexity index is 494. The lowest BCUT2D eigenvalue weighted by Gasteiger charge is -2.22. The zero-order chi connectivity index (χ0) is 15.3. The Morgan fingerprint density at radius 1 is 1.30 bits per heavy atom. The van der Waals surface area contributed by atoms with E-state index in [1.54, 1.807) is 32.9 Å². The van der Waals surface area contributed by atoms with E-state index in [9.17, 15) is 14.0 Å². The minimum atomic E-state index is -0.770. The first-order chi connectivity index (χ1) is 9.19. The van der Waals surface area contributed by atoms with E-state index in [2.05, 4.69) is 5.32 Å². The smallest absolute Gasteiger partial charge is 0.328 e. The lowest BCUT2D eigenvalue weighted by atomic mass is 10.1. The summed E-state index contributed by atoms with van der Waals surface area (Å²) in [5, 5.41) is 2.50. The van der Waals surface area contributed by atoms with Crippen LogP contribution in [0.1, 0.15) is 33.3 Å². The Balaban J connectivity index is 2.54. The number of halogens is 1. The molecule has 0 saturated heterocycles. The van der Waals surface area contributed by atoms with Crippen molar-refractivity contribution in [2.45, 2.75) is 45.8 Å². The molecule has 1 rings (SSSR count). The minimum absolute atomic E-state index is 0.111.